The summed E-state index contributed by atoms with van der Waals surface area (Å²) in [6.07, 6.45) is 4.35. The normalized spacial score (nSPS) is 25.6. The lowest BCUT2D eigenvalue weighted by Crippen LogP contribution is -2.67. The quantitative estimate of drug-likeness (QED) is 0.552. The third-order valence-electron chi connectivity index (χ3n) is 6.96. The molecule has 3 heterocycles. The number of ether oxygens (including phenoxy) is 1. The Bertz CT molecular complexity index is 1200. The van der Waals surface area contributed by atoms with Crippen molar-refractivity contribution in [3.63, 3.8) is 0 Å². The molecule has 2 saturated heterocycles. The summed E-state index contributed by atoms with van der Waals surface area (Å²) in [7, 11) is 0. The molecule has 0 bridgehead atoms. The van der Waals surface area contributed by atoms with Gasteiger partial charge in [0, 0.05) is 31.2 Å². The molecule has 2 aromatic rings. The molecule has 3 unspecified atom stereocenters. The maximum atomic E-state index is 14.0. The van der Waals surface area contributed by atoms with Crippen molar-refractivity contribution in [2.24, 2.45) is 11.7 Å². The number of nitrogens with zero attached hydrogens (tertiary/aromatic N) is 2. The molecule has 0 radical (unpaired) electrons. The van der Waals surface area contributed by atoms with E-state index in [0.717, 1.165) is 36.1 Å². The van der Waals surface area contributed by atoms with Gasteiger partial charge in [0.1, 0.15) is 11.8 Å². The first-order valence-electron chi connectivity index (χ1n) is 11.8. The molecular weight excluding hydrogens is 468 g/mol. The van der Waals surface area contributed by atoms with Crippen molar-refractivity contribution in [2.75, 3.05) is 13.1 Å². The van der Waals surface area contributed by atoms with Crippen LogP contribution in [0.5, 0.6) is 11.5 Å². The first kappa shape index (κ1) is 24.0. The molecule has 2 amide bonds. The number of rotatable bonds is 5. The molecule has 3 aliphatic rings. The minimum atomic E-state index is -0.794. The monoisotopic (exact) mass is 495 g/mol. The summed E-state index contributed by atoms with van der Waals surface area (Å²) in [5.74, 6) is -2.47. The maximum Gasteiger partial charge on any atom is 0.257 e. The molecule has 4 N–H and O–H groups in total. The Morgan fingerprint density at radius 2 is 1.89 bits per heavy atom. The zero-order valence-electron chi connectivity index (χ0n) is 19.5. The number of hydrazine groups is 1. The number of halogens is 2. The van der Waals surface area contributed by atoms with Crippen LogP contribution in [0, 0.1) is 17.6 Å². The van der Waals surface area contributed by atoms with E-state index in [1.807, 2.05) is 11.1 Å². The molecular formula is C26H27F2N5O3. The van der Waals surface area contributed by atoms with E-state index in [9.17, 15) is 18.4 Å². The fraction of sp³-hybridized carbons (Fsp3) is 0.308. The lowest BCUT2D eigenvalue weighted by Gasteiger charge is -2.43. The highest BCUT2D eigenvalue weighted by Gasteiger charge is 2.49. The fourth-order valence-electron chi connectivity index (χ4n) is 5.23. The molecule has 4 atom stereocenters. The molecule has 8 nitrogen and oxygen atoms in total. The van der Waals surface area contributed by atoms with Gasteiger partial charge in [-0.25, -0.2) is 14.2 Å². The van der Waals surface area contributed by atoms with Gasteiger partial charge in [-0.15, -0.1) is 0 Å². The van der Waals surface area contributed by atoms with Crippen molar-refractivity contribution in [3.05, 3.63) is 78.5 Å². The standard InChI is InChI=1S/C26H27F2N5O3/c1-2-21(34)32-12-4-5-16(13-32)33-14-18(22-23(33)26(35)31-30-25(22)29)15-8-10-17(11-9-15)36-24-19(27)6-3-7-20(24)28/h2-3,6-11,14,16,22-23,25,30H,1,4-5,12-13,29H2,(H,31,35)/t16-,22?,23?,25?/m1/s1. The molecule has 3 aliphatic heterocycles. The molecule has 0 aromatic heterocycles. The third-order valence-corrected chi connectivity index (χ3v) is 6.96. The van der Waals surface area contributed by atoms with Gasteiger partial charge in [0.05, 0.1) is 6.17 Å². The number of nitrogens with one attached hydrogen (secondary N) is 2. The summed E-state index contributed by atoms with van der Waals surface area (Å²) >= 11 is 0. The first-order chi connectivity index (χ1) is 17.4. The lowest BCUT2D eigenvalue weighted by atomic mass is 9.86. The Morgan fingerprint density at radius 3 is 2.58 bits per heavy atom. The number of fused-ring (bicyclic) bond motifs is 1. The van der Waals surface area contributed by atoms with E-state index in [1.165, 1.54) is 12.1 Å². The van der Waals surface area contributed by atoms with E-state index in [-0.39, 0.29) is 29.5 Å². The van der Waals surface area contributed by atoms with Crippen LogP contribution >= 0.6 is 0 Å². The fourth-order valence-corrected chi connectivity index (χ4v) is 5.23. The van der Waals surface area contributed by atoms with Crippen molar-refractivity contribution >= 4 is 17.4 Å². The van der Waals surface area contributed by atoms with Crippen molar-refractivity contribution in [1.82, 2.24) is 20.7 Å². The predicted molar refractivity (Wildman–Crippen MR) is 129 cm³/mol. The summed E-state index contributed by atoms with van der Waals surface area (Å²) in [6, 6.07) is 9.71. The van der Waals surface area contributed by atoms with Gasteiger partial charge < -0.3 is 20.3 Å². The smallest absolute Gasteiger partial charge is 0.257 e. The van der Waals surface area contributed by atoms with Crippen molar-refractivity contribution in [3.8, 4) is 11.5 Å². The van der Waals surface area contributed by atoms with Gasteiger partial charge in [-0.05, 0) is 54.3 Å². The van der Waals surface area contributed by atoms with Gasteiger partial charge in [0.15, 0.2) is 17.4 Å². The number of nitrogens with two attached hydrogens (primary N) is 1. The van der Waals surface area contributed by atoms with E-state index >= 15 is 0 Å². The van der Waals surface area contributed by atoms with Gasteiger partial charge in [0.25, 0.3) is 5.91 Å². The summed E-state index contributed by atoms with van der Waals surface area (Å²) < 4.78 is 33.4. The average Bonchev–Trinajstić information content (AvgIpc) is 3.31. The van der Waals surface area contributed by atoms with Crippen LogP contribution < -0.4 is 21.3 Å². The Kier molecular flexibility index (Phi) is 6.46. The van der Waals surface area contributed by atoms with E-state index in [4.69, 9.17) is 10.5 Å². The molecule has 36 heavy (non-hydrogen) atoms. The highest BCUT2D eigenvalue weighted by atomic mass is 19.1. The van der Waals surface area contributed by atoms with E-state index in [2.05, 4.69) is 17.4 Å². The minimum absolute atomic E-state index is 0.0599. The Morgan fingerprint density at radius 1 is 1.17 bits per heavy atom. The zero-order valence-corrected chi connectivity index (χ0v) is 19.5. The van der Waals surface area contributed by atoms with Gasteiger partial charge >= 0.3 is 0 Å². The van der Waals surface area contributed by atoms with Gasteiger partial charge in [-0.3, -0.25) is 15.0 Å². The van der Waals surface area contributed by atoms with Crippen LogP contribution in [0.2, 0.25) is 0 Å². The number of amides is 2. The van der Waals surface area contributed by atoms with E-state index in [1.54, 1.807) is 29.2 Å². The van der Waals surface area contributed by atoms with Gasteiger partial charge in [-0.2, -0.15) is 0 Å². The summed E-state index contributed by atoms with van der Waals surface area (Å²) in [5.41, 5.74) is 13.5. The Balaban J connectivity index is 1.43. The Hall–Kier alpha value is -3.76. The molecule has 2 fully saturated rings. The van der Waals surface area contributed by atoms with Crippen LogP contribution in [0.25, 0.3) is 5.57 Å². The number of hydrogen-bond acceptors (Lipinski definition) is 6. The van der Waals surface area contributed by atoms with Crippen molar-refractivity contribution in [2.45, 2.75) is 31.1 Å². The highest BCUT2D eigenvalue weighted by Crippen LogP contribution is 2.41. The lowest BCUT2D eigenvalue weighted by molar-refractivity contribution is -0.132. The zero-order chi connectivity index (χ0) is 25.4. The topological polar surface area (TPSA) is 99.9 Å². The number of para-hydroxylation sites is 1. The molecule has 5 rings (SSSR count). The van der Waals surface area contributed by atoms with Crippen LogP contribution in [-0.2, 0) is 9.59 Å². The SMILES string of the molecule is C=CC(=O)N1CCC[C@@H](N2C=C(c3ccc(Oc4c(F)cccc4F)cc3)C3C(N)NNC(=O)C32)C1. The van der Waals surface area contributed by atoms with Gasteiger partial charge in [0.2, 0.25) is 5.91 Å². The first-order valence-corrected chi connectivity index (χ1v) is 11.8. The third kappa shape index (κ3) is 4.33. The number of piperidine rings is 1. The van der Waals surface area contributed by atoms with Crippen LogP contribution in [0.1, 0.15) is 18.4 Å². The predicted octanol–water partition coefficient (Wildman–Crippen LogP) is 2.49. The molecule has 188 valence electrons. The van der Waals surface area contributed by atoms with Crippen molar-refractivity contribution in [1.29, 1.82) is 0 Å². The molecule has 10 heteroatoms. The molecule has 0 saturated carbocycles. The van der Waals surface area contributed by atoms with Crippen molar-refractivity contribution < 1.29 is 23.1 Å². The van der Waals surface area contributed by atoms with Crippen LogP contribution in [0.15, 0.2) is 61.3 Å². The minimum Gasteiger partial charge on any atom is -0.451 e. The number of hydrogen-bond donors (Lipinski definition) is 3. The maximum absolute atomic E-state index is 14.0. The second-order valence-corrected chi connectivity index (χ2v) is 9.12. The van der Waals surface area contributed by atoms with E-state index in [0.29, 0.717) is 13.1 Å². The number of likely N-dealkylation sites (tertiary alicyclic amines) is 1. The summed E-state index contributed by atoms with van der Waals surface area (Å²) in [6.45, 7) is 4.71. The average molecular weight is 496 g/mol. The van der Waals surface area contributed by atoms with Crippen LogP contribution in [-0.4, -0.2) is 53.0 Å². The largest absolute Gasteiger partial charge is 0.451 e. The Labute approximate surface area is 207 Å². The number of carbonyl (C=O) groups excluding carboxylic acids is 2. The summed E-state index contributed by atoms with van der Waals surface area (Å²) in [4.78, 5) is 28.9. The number of carbonyl (C=O) groups is 2. The van der Waals surface area contributed by atoms with E-state index < -0.39 is 29.6 Å². The molecule has 2 aromatic carbocycles. The second kappa shape index (κ2) is 9.71. The van der Waals surface area contributed by atoms with Crippen LogP contribution in [0.4, 0.5) is 8.78 Å². The number of benzene rings is 2. The van der Waals surface area contributed by atoms with Crippen LogP contribution in [0.3, 0.4) is 0 Å². The second-order valence-electron chi connectivity index (χ2n) is 9.12. The summed E-state index contributed by atoms with van der Waals surface area (Å²) in [5, 5.41) is 0. The molecule has 0 aliphatic carbocycles. The molecule has 0 spiro atoms. The highest BCUT2D eigenvalue weighted by molar-refractivity contribution is 5.89. The van der Waals surface area contributed by atoms with Gasteiger partial charge in [-0.1, -0.05) is 24.8 Å².